The molecule has 0 bridgehead atoms. The van der Waals surface area contributed by atoms with Gasteiger partial charge in [-0.05, 0) is 21.4 Å². The number of carbonyl (C=O) groups is 1. The van der Waals surface area contributed by atoms with E-state index in [0.717, 1.165) is 0 Å². The summed E-state index contributed by atoms with van der Waals surface area (Å²) in [6.07, 6.45) is 0. The van der Waals surface area contributed by atoms with Crippen molar-refractivity contribution in [2.45, 2.75) is 0 Å². The molecule has 1 N–H and O–H groups in total. The first-order chi connectivity index (χ1) is 8.66. The minimum absolute atomic E-state index is 0.0941. The Hall–Kier alpha value is -2.06. The van der Waals surface area contributed by atoms with Gasteiger partial charge >= 0.3 is 0 Å². The van der Waals surface area contributed by atoms with Crippen LogP contribution < -0.4 is 5.32 Å². The van der Waals surface area contributed by atoms with Gasteiger partial charge < -0.3 is 9.87 Å². The molecular formula is C10H8N3O4S-. The van der Waals surface area contributed by atoms with Crippen LogP contribution in [0.15, 0.2) is 35.0 Å². The van der Waals surface area contributed by atoms with Crippen LogP contribution in [0.2, 0.25) is 0 Å². The van der Waals surface area contributed by atoms with E-state index in [1.807, 2.05) is 6.07 Å². The molecular weight excluding hydrogens is 258 g/mol. The minimum atomic E-state index is -2.45. The lowest BCUT2D eigenvalue weighted by atomic mass is 10.1. The van der Waals surface area contributed by atoms with E-state index in [-0.39, 0.29) is 5.82 Å². The average molecular weight is 266 g/mol. The first kappa shape index (κ1) is 12.4. The predicted octanol–water partition coefficient (Wildman–Crippen LogP) is 0.554. The Labute approximate surface area is 104 Å². The number of nitrogens with zero attached hydrogens (tertiary/aromatic N) is 2. The number of nitrogens with one attached hydrogen (secondary N) is 1. The van der Waals surface area contributed by atoms with Crippen LogP contribution in [0.25, 0.3) is 11.3 Å². The van der Waals surface area contributed by atoms with Crippen LogP contribution in [-0.4, -0.2) is 30.7 Å². The van der Waals surface area contributed by atoms with Crippen molar-refractivity contribution >= 4 is 22.8 Å². The summed E-state index contributed by atoms with van der Waals surface area (Å²) in [6.45, 7) is 0. The fourth-order valence-corrected chi connectivity index (χ4v) is 1.62. The molecule has 2 aromatic rings. The van der Waals surface area contributed by atoms with Gasteiger partial charge in [0.1, 0.15) is 0 Å². The van der Waals surface area contributed by atoms with Gasteiger partial charge in [0.05, 0.1) is 5.75 Å². The van der Waals surface area contributed by atoms with Gasteiger partial charge in [-0.25, -0.2) is 4.63 Å². The van der Waals surface area contributed by atoms with E-state index in [0.29, 0.717) is 11.3 Å². The van der Waals surface area contributed by atoms with Crippen LogP contribution in [0.5, 0.6) is 0 Å². The number of carbonyl (C=O) groups excluding carboxylic acids is 1. The fourth-order valence-electron chi connectivity index (χ4n) is 1.33. The summed E-state index contributed by atoms with van der Waals surface area (Å²) in [7, 11) is 0. The molecule has 0 spiro atoms. The van der Waals surface area contributed by atoms with Crippen LogP contribution in [0.4, 0.5) is 5.82 Å². The Morgan fingerprint density at radius 2 is 2.06 bits per heavy atom. The Kier molecular flexibility index (Phi) is 3.80. The lowest BCUT2D eigenvalue weighted by Gasteiger charge is -2.04. The van der Waals surface area contributed by atoms with Gasteiger partial charge in [0, 0.05) is 5.56 Å². The zero-order valence-corrected chi connectivity index (χ0v) is 9.85. The van der Waals surface area contributed by atoms with Crippen molar-refractivity contribution in [3.63, 3.8) is 0 Å². The molecule has 1 atom stereocenters. The molecule has 1 amide bonds. The molecule has 1 heterocycles. The number of benzene rings is 1. The molecule has 8 heteroatoms. The second-order valence-corrected chi connectivity index (χ2v) is 4.22. The normalized spacial score (nSPS) is 12.1. The molecule has 0 radical (unpaired) electrons. The van der Waals surface area contributed by atoms with E-state index in [4.69, 9.17) is 0 Å². The van der Waals surface area contributed by atoms with E-state index in [9.17, 15) is 13.6 Å². The maximum atomic E-state index is 11.3. The SMILES string of the molecule is O=C(CS(=O)[O-])Nc1nonc1-c1ccccc1. The third-order valence-corrected chi connectivity index (χ3v) is 2.54. The molecule has 0 aliphatic carbocycles. The number of hydrogen-bond acceptors (Lipinski definition) is 6. The van der Waals surface area contributed by atoms with E-state index < -0.39 is 22.7 Å². The minimum Gasteiger partial charge on any atom is -0.772 e. The summed E-state index contributed by atoms with van der Waals surface area (Å²) in [5.41, 5.74) is 1.05. The maximum absolute atomic E-state index is 11.3. The first-order valence-electron chi connectivity index (χ1n) is 4.90. The number of rotatable bonds is 4. The van der Waals surface area contributed by atoms with Crippen LogP contribution in [0.1, 0.15) is 0 Å². The molecule has 0 saturated carbocycles. The highest BCUT2D eigenvalue weighted by Crippen LogP contribution is 2.23. The van der Waals surface area contributed by atoms with Crippen molar-refractivity contribution in [1.29, 1.82) is 0 Å². The topological polar surface area (TPSA) is 108 Å². The molecule has 2 rings (SSSR count). The van der Waals surface area contributed by atoms with Gasteiger partial charge in [-0.2, -0.15) is 0 Å². The molecule has 18 heavy (non-hydrogen) atoms. The van der Waals surface area contributed by atoms with Crippen molar-refractivity contribution in [3.05, 3.63) is 30.3 Å². The Balaban J connectivity index is 2.19. The number of amides is 1. The fraction of sp³-hybridized carbons (Fsp3) is 0.100. The zero-order chi connectivity index (χ0) is 13.0. The molecule has 1 unspecified atom stereocenters. The third kappa shape index (κ3) is 2.99. The molecule has 0 fully saturated rings. The van der Waals surface area contributed by atoms with Crippen molar-refractivity contribution in [1.82, 2.24) is 10.3 Å². The standard InChI is InChI=1S/C10H9N3O4S/c14-8(6-18(15)16)11-10-9(12-17-13-10)7-4-2-1-3-5-7/h1-5H,6H2,(H,15,16)(H,11,13,14)/p-1. The van der Waals surface area contributed by atoms with Crippen molar-refractivity contribution in [3.8, 4) is 11.3 Å². The lowest BCUT2D eigenvalue weighted by Crippen LogP contribution is -2.19. The second-order valence-electron chi connectivity index (χ2n) is 3.32. The summed E-state index contributed by atoms with van der Waals surface area (Å²) in [5, 5.41) is 9.51. The largest absolute Gasteiger partial charge is 0.772 e. The van der Waals surface area contributed by atoms with Crippen LogP contribution in [0, 0.1) is 0 Å². The molecule has 1 aromatic heterocycles. The van der Waals surface area contributed by atoms with Crippen molar-refractivity contribution in [2.75, 3.05) is 11.1 Å². The third-order valence-electron chi connectivity index (χ3n) is 2.04. The molecule has 0 aliphatic heterocycles. The van der Waals surface area contributed by atoms with Gasteiger partial charge in [-0.15, -0.1) is 0 Å². The summed E-state index contributed by atoms with van der Waals surface area (Å²) in [6, 6.07) is 8.95. The van der Waals surface area contributed by atoms with Gasteiger partial charge in [-0.3, -0.25) is 9.00 Å². The van der Waals surface area contributed by atoms with Crippen LogP contribution in [0.3, 0.4) is 0 Å². The molecule has 94 valence electrons. The highest BCUT2D eigenvalue weighted by Gasteiger charge is 2.14. The predicted molar refractivity (Wildman–Crippen MR) is 62.2 cm³/mol. The molecule has 0 aliphatic rings. The Bertz CT molecular complexity index is 570. The van der Waals surface area contributed by atoms with Gasteiger partial charge in [-0.1, -0.05) is 30.3 Å². The summed E-state index contributed by atoms with van der Waals surface area (Å²) in [5.74, 6) is -1.24. The zero-order valence-electron chi connectivity index (χ0n) is 9.03. The smallest absolute Gasteiger partial charge is 0.237 e. The van der Waals surface area contributed by atoms with Crippen LogP contribution >= 0.6 is 0 Å². The van der Waals surface area contributed by atoms with E-state index >= 15 is 0 Å². The highest BCUT2D eigenvalue weighted by atomic mass is 32.2. The second kappa shape index (κ2) is 5.52. The highest BCUT2D eigenvalue weighted by molar-refractivity contribution is 7.79. The lowest BCUT2D eigenvalue weighted by molar-refractivity contribution is -0.113. The average Bonchev–Trinajstić information content (AvgIpc) is 2.77. The molecule has 0 saturated heterocycles. The molecule has 1 aromatic carbocycles. The summed E-state index contributed by atoms with van der Waals surface area (Å²) in [4.78, 5) is 11.3. The van der Waals surface area contributed by atoms with Crippen molar-refractivity contribution in [2.24, 2.45) is 0 Å². The quantitative estimate of drug-likeness (QED) is 0.810. The van der Waals surface area contributed by atoms with E-state index in [2.05, 4.69) is 20.3 Å². The number of anilines is 1. The summed E-state index contributed by atoms with van der Waals surface area (Å²) < 4.78 is 25.3. The first-order valence-corrected chi connectivity index (χ1v) is 6.15. The van der Waals surface area contributed by atoms with Gasteiger partial charge in [0.25, 0.3) is 0 Å². The monoisotopic (exact) mass is 266 g/mol. The van der Waals surface area contributed by atoms with Gasteiger partial charge in [0.2, 0.25) is 11.7 Å². The summed E-state index contributed by atoms with van der Waals surface area (Å²) >= 11 is -2.45. The number of hydrogen-bond donors (Lipinski definition) is 1. The van der Waals surface area contributed by atoms with E-state index in [1.54, 1.807) is 24.3 Å². The maximum Gasteiger partial charge on any atom is 0.237 e. The number of aromatic nitrogens is 2. The van der Waals surface area contributed by atoms with Crippen LogP contribution in [-0.2, 0) is 15.9 Å². The Morgan fingerprint density at radius 1 is 1.33 bits per heavy atom. The molecule has 7 nitrogen and oxygen atoms in total. The Morgan fingerprint density at radius 3 is 2.72 bits per heavy atom. The van der Waals surface area contributed by atoms with E-state index in [1.165, 1.54) is 0 Å². The van der Waals surface area contributed by atoms with Crippen molar-refractivity contribution < 1.29 is 18.2 Å². The van der Waals surface area contributed by atoms with Gasteiger partial charge in [0.15, 0.2) is 5.69 Å².